The van der Waals surface area contributed by atoms with Crippen LogP contribution in [-0.2, 0) is 11.2 Å². The van der Waals surface area contributed by atoms with Crippen molar-refractivity contribution < 1.29 is 4.79 Å². The number of hydrogen-bond acceptors (Lipinski definition) is 2. The Hall–Kier alpha value is -2.13. The van der Waals surface area contributed by atoms with Gasteiger partial charge in [-0.3, -0.25) is 4.79 Å². The lowest BCUT2D eigenvalue weighted by Crippen LogP contribution is -2.53. The van der Waals surface area contributed by atoms with Crippen LogP contribution in [0.3, 0.4) is 0 Å². The van der Waals surface area contributed by atoms with Crippen LogP contribution in [0.2, 0.25) is 0 Å². The third-order valence-corrected chi connectivity index (χ3v) is 5.36. The zero-order chi connectivity index (χ0) is 17.7. The maximum Gasteiger partial charge on any atom is 0.221 e. The van der Waals surface area contributed by atoms with Crippen LogP contribution in [0.1, 0.15) is 43.2 Å². The Morgan fingerprint density at radius 2 is 1.72 bits per heavy atom. The number of carbonyl (C=O) groups is 1. The van der Waals surface area contributed by atoms with Crippen molar-refractivity contribution in [2.75, 3.05) is 6.54 Å². The molecule has 0 spiro atoms. The molecule has 0 heterocycles. The molecule has 0 saturated heterocycles. The zero-order valence-electron chi connectivity index (χ0n) is 14.9. The summed E-state index contributed by atoms with van der Waals surface area (Å²) in [6.07, 6.45) is 3.68. The molecule has 2 atom stereocenters. The minimum atomic E-state index is -0.259. The van der Waals surface area contributed by atoms with E-state index < -0.39 is 0 Å². The number of amides is 1. The van der Waals surface area contributed by atoms with E-state index in [1.807, 2.05) is 24.3 Å². The van der Waals surface area contributed by atoms with Crippen molar-refractivity contribution in [3.05, 3.63) is 71.8 Å². The van der Waals surface area contributed by atoms with Gasteiger partial charge in [0, 0.05) is 13.0 Å². The van der Waals surface area contributed by atoms with Gasteiger partial charge in [0.1, 0.15) is 0 Å². The van der Waals surface area contributed by atoms with Gasteiger partial charge in [-0.1, -0.05) is 60.7 Å². The van der Waals surface area contributed by atoms with Gasteiger partial charge in [-0.15, -0.1) is 0 Å². The summed E-state index contributed by atoms with van der Waals surface area (Å²) in [4.78, 5) is 12.8. The Balaban J connectivity index is 1.72. The molecular weight excluding hydrogens is 308 g/mol. The van der Waals surface area contributed by atoms with Crippen LogP contribution in [0, 0.1) is 5.92 Å². The number of nitrogens with one attached hydrogen (secondary N) is 1. The molecule has 1 fully saturated rings. The van der Waals surface area contributed by atoms with Crippen molar-refractivity contribution in [3.63, 3.8) is 0 Å². The SMILES string of the molecule is CC(CN)(NC(=O)CC(Cc1ccccc1)c1ccccc1)C1CC1. The van der Waals surface area contributed by atoms with E-state index in [4.69, 9.17) is 5.73 Å². The summed E-state index contributed by atoms with van der Waals surface area (Å²) in [5.74, 6) is 0.806. The molecule has 0 radical (unpaired) electrons. The first kappa shape index (κ1) is 17.7. The highest BCUT2D eigenvalue weighted by atomic mass is 16.1. The van der Waals surface area contributed by atoms with Gasteiger partial charge in [0.05, 0.1) is 5.54 Å². The summed E-state index contributed by atoms with van der Waals surface area (Å²) in [7, 11) is 0. The predicted molar refractivity (Wildman–Crippen MR) is 102 cm³/mol. The molecule has 0 bridgehead atoms. The van der Waals surface area contributed by atoms with Crippen LogP contribution in [0.5, 0.6) is 0 Å². The zero-order valence-corrected chi connectivity index (χ0v) is 14.9. The summed E-state index contributed by atoms with van der Waals surface area (Å²) in [6, 6.07) is 20.7. The maximum atomic E-state index is 12.8. The van der Waals surface area contributed by atoms with Crippen LogP contribution in [-0.4, -0.2) is 18.0 Å². The van der Waals surface area contributed by atoms with Crippen LogP contribution < -0.4 is 11.1 Å². The van der Waals surface area contributed by atoms with Crippen LogP contribution in [0.25, 0.3) is 0 Å². The molecule has 2 unspecified atom stereocenters. The summed E-state index contributed by atoms with van der Waals surface area (Å²) in [5, 5.41) is 3.23. The molecule has 0 aromatic heterocycles. The Morgan fingerprint density at radius 1 is 1.12 bits per heavy atom. The van der Waals surface area contributed by atoms with Crippen molar-refractivity contribution in [2.24, 2.45) is 11.7 Å². The lowest BCUT2D eigenvalue weighted by Gasteiger charge is -2.30. The van der Waals surface area contributed by atoms with Crippen molar-refractivity contribution >= 4 is 5.91 Å². The fourth-order valence-corrected chi connectivity index (χ4v) is 3.57. The van der Waals surface area contributed by atoms with E-state index in [1.165, 1.54) is 24.0 Å². The Morgan fingerprint density at radius 3 is 2.28 bits per heavy atom. The monoisotopic (exact) mass is 336 g/mol. The number of carbonyl (C=O) groups excluding carboxylic acids is 1. The molecule has 1 saturated carbocycles. The van der Waals surface area contributed by atoms with Crippen LogP contribution in [0.15, 0.2) is 60.7 Å². The Labute approximate surface area is 150 Å². The summed E-state index contributed by atoms with van der Waals surface area (Å²) < 4.78 is 0. The standard InChI is InChI=1S/C22H28N2O/c1-22(16-23,20-12-13-20)24-21(25)15-19(18-10-6-3-7-11-18)14-17-8-4-2-5-9-17/h2-11,19-20H,12-16,23H2,1H3,(H,24,25). The van der Waals surface area contributed by atoms with Gasteiger partial charge in [0.2, 0.25) is 5.91 Å². The molecule has 3 rings (SSSR count). The van der Waals surface area contributed by atoms with E-state index in [2.05, 4.69) is 48.6 Å². The first-order valence-electron chi connectivity index (χ1n) is 9.20. The Bertz CT molecular complexity index is 682. The van der Waals surface area contributed by atoms with Crippen molar-refractivity contribution in [1.29, 1.82) is 0 Å². The first-order valence-corrected chi connectivity index (χ1v) is 9.20. The second-order valence-corrected chi connectivity index (χ2v) is 7.45. The molecule has 3 heteroatoms. The van der Waals surface area contributed by atoms with Gasteiger partial charge in [0.25, 0.3) is 0 Å². The van der Waals surface area contributed by atoms with E-state index in [9.17, 15) is 4.79 Å². The lowest BCUT2D eigenvalue weighted by molar-refractivity contribution is -0.123. The van der Waals surface area contributed by atoms with E-state index in [0.29, 0.717) is 18.9 Å². The molecule has 2 aromatic carbocycles. The van der Waals surface area contributed by atoms with Gasteiger partial charge in [-0.2, -0.15) is 0 Å². The molecule has 3 nitrogen and oxygen atoms in total. The van der Waals surface area contributed by atoms with Crippen molar-refractivity contribution in [3.8, 4) is 0 Å². The molecule has 2 aromatic rings. The second-order valence-electron chi connectivity index (χ2n) is 7.45. The second kappa shape index (κ2) is 7.83. The Kier molecular flexibility index (Phi) is 5.54. The minimum Gasteiger partial charge on any atom is -0.349 e. The third-order valence-electron chi connectivity index (χ3n) is 5.36. The average Bonchev–Trinajstić information content (AvgIpc) is 3.48. The third kappa shape index (κ3) is 4.70. The predicted octanol–water partition coefficient (Wildman–Crippen LogP) is 3.65. The van der Waals surface area contributed by atoms with E-state index in [0.717, 1.165) is 6.42 Å². The molecule has 1 amide bonds. The number of hydrogen-bond donors (Lipinski definition) is 2. The normalized spacial score (nSPS) is 17.5. The number of benzene rings is 2. The van der Waals surface area contributed by atoms with Gasteiger partial charge in [-0.25, -0.2) is 0 Å². The fourth-order valence-electron chi connectivity index (χ4n) is 3.57. The maximum absolute atomic E-state index is 12.8. The summed E-state index contributed by atoms with van der Waals surface area (Å²) in [6.45, 7) is 2.58. The lowest BCUT2D eigenvalue weighted by atomic mass is 9.88. The van der Waals surface area contributed by atoms with Gasteiger partial charge >= 0.3 is 0 Å². The molecule has 1 aliphatic rings. The summed E-state index contributed by atoms with van der Waals surface area (Å²) >= 11 is 0. The quantitative estimate of drug-likeness (QED) is 0.773. The highest BCUT2D eigenvalue weighted by Crippen LogP contribution is 2.39. The minimum absolute atomic E-state index is 0.102. The number of rotatable bonds is 8. The van der Waals surface area contributed by atoms with E-state index >= 15 is 0 Å². The molecular formula is C22H28N2O. The molecule has 0 aliphatic heterocycles. The molecule has 25 heavy (non-hydrogen) atoms. The van der Waals surface area contributed by atoms with Gasteiger partial charge in [0.15, 0.2) is 0 Å². The van der Waals surface area contributed by atoms with E-state index in [1.54, 1.807) is 0 Å². The highest BCUT2D eigenvalue weighted by molar-refractivity contribution is 5.78. The average molecular weight is 336 g/mol. The molecule has 3 N–H and O–H groups in total. The van der Waals surface area contributed by atoms with Gasteiger partial charge < -0.3 is 11.1 Å². The van der Waals surface area contributed by atoms with Crippen molar-refractivity contribution in [1.82, 2.24) is 5.32 Å². The molecule has 1 aliphatic carbocycles. The van der Waals surface area contributed by atoms with Crippen LogP contribution in [0.4, 0.5) is 0 Å². The topological polar surface area (TPSA) is 55.1 Å². The molecule has 132 valence electrons. The van der Waals surface area contributed by atoms with Crippen LogP contribution >= 0.6 is 0 Å². The highest BCUT2D eigenvalue weighted by Gasteiger charge is 2.41. The fraction of sp³-hybridized carbons (Fsp3) is 0.409. The largest absolute Gasteiger partial charge is 0.349 e. The number of nitrogens with two attached hydrogens (primary N) is 1. The van der Waals surface area contributed by atoms with E-state index in [-0.39, 0.29) is 17.4 Å². The van der Waals surface area contributed by atoms with Crippen molar-refractivity contribution in [2.45, 2.75) is 44.1 Å². The summed E-state index contributed by atoms with van der Waals surface area (Å²) in [5.41, 5.74) is 8.16. The first-order chi connectivity index (χ1) is 12.1. The smallest absolute Gasteiger partial charge is 0.221 e. The van der Waals surface area contributed by atoms with Gasteiger partial charge in [-0.05, 0) is 49.1 Å².